The summed E-state index contributed by atoms with van der Waals surface area (Å²) in [4.78, 5) is 4.73. The van der Waals surface area contributed by atoms with Crippen LogP contribution in [0.15, 0.2) is 151 Å². The first-order chi connectivity index (χ1) is 19.7. The molecule has 1 aliphatic rings. The molecule has 0 unspecified atom stereocenters. The summed E-state index contributed by atoms with van der Waals surface area (Å²) in [5, 5.41) is 0. The first-order valence-corrected chi connectivity index (χ1v) is 14.0. The van der Waals surface area contributed by atoms with Crippen molar-refractivity contribution in [1.82, 2.24) is 0 Å². The summed E-state index contributed by atoms with van der Waals surface area (Å²) >= 11 is 0. The highest BCUT2D eigenvalue weighted by Crippen LogP contribution is 2.39. The van der Waals surface area contributed by atoms with Gasteiger partial charge in [-0.25, -0.2) is 0 Å². The third kappa shape index (κ3) is 5.48. The molecule has 40 heavy (non-hydrogen) atoms. The summed E-state index contributed by atoms with van der Waals surface area (Å²) in [6, 6.07) is 47.8. The molecule has 0 aliphatic heterocycles. The molecule has 5 aromatic carbocycles. The normalized spacial score (nSPS) is 12.8. The van der Waals surface area contributed by atoms with Crippen LogP contribution in [0.5, 0.6) is 0 Å². The maximum atomic E-state index is 2.40. The Bertz CT molecular complexity index is 1630. The van der Waals surface area contributed by atoms with Crippen molar-refractivity contribution >= 4 is 34.0 Å². The maximum absolute atomic E-state index is 2.40. The predicted octanol–water partition coefficient (Wildman–Crippen LogP) is 10.7. The number of para-hydroxylation sites is 2. The SMILES string of the molecule is Cc1ccc(N(C2=CC(c3cccc(N(c4ccccc4)c4ccc(C)cc4)c3)=CCC2)c2ccccc2)cc1. The number of allylic oxidation sites excluding steroid dienone is 4. The summed E-state index contributed by atoms with van der Waals surface area (Å²) in [6.07, 6.45) is 6.74. The molecular weight excluding hydrogens is 484 g/mol. The van der Waals surface area contributed by atoms with Gasteiger partial charge in [0, 0.05) is 34.1 Å². The molecule has 0 atom stereocenters. The molecule has 196 valence electrons. The van der Waals surface area contributed by atoms with E-state index in [1.54, 1.807) is 0 Å². The number of hydrogen-bond donors (Lipinski definition) is 0. The number of rotatable bonds is 7. The molecule has 2 heteroatoms. The van der Waals surface area contributed by atoms with Gasteiger partial charge in [-0.05, 0) is 105 Å². The molecule has 6 rings (SSSR count). The molecule has 1 aliphatic carbocycles. The van der Waals surface area contributed by atoms with Crippen molar-refractivity contribution in [2.45, 2.75) is 26.7 Å². The minimum atomic E-state index is 0.992. The van der Waals surface area contributed by atoms with Crippen molar-refractivity contribution in [3.05, 3.63) is 168 Å². The second-order valence-electron chi connectivity index (χ2n) is 10.4. The van der Waals surface area contributed by atoms with Crippen molar-refractivity contribution in [2.75, 3.05) is 9.80 Å². The molecule has 0 amide bonds. The number of hydrogen-bond acceptors (Lipinski definition) is 2. The Hall–Kier alpha value is -4.82. The summed E-state index contributed by atoms with van der Waals surface area (Å²) in [5.41, 5.74) is 12.1. The summed E-state index contributed by atoms with van der Waals surface area (Å²) in [5.74, 6) is 0. The fourth-order valence-corrected chi connectivity index (χ4v) is 5.36. The van der Waals surface area contributed by atoms with Crippen LogP contribution in [0.1, 0.15) is 29.5 Å². The van der Waals surface area contributed by atoms with E-state index in [1.807, 2.05) is 0 Å². The van der Waals surface area contributed by atoms with Crippen molar-refractivity contribution in [3.63, 3.8) is 0 Å². The number of nitrogens with zero attached hydrogens (tertiary/aromatic N) is 2. The highest BCUT2D eigenvalue weighted by atomic mass is 15.2. The van der Waals surface area contributed by atoms with Gasteiger partial charge >= 0.3 is 0 Å². The van der Waals surface area contributed by atoms with E-state index in [1.165, 1.54) is 39.3 Å². The van der Waals surface area contributed by atoms with E-state index in [-0.39, 0.29) is 0 Å². The first kappa shape index (κ1) is 25.5. The van der Waals surface area contributed by atoms with Crippen LogP contribution in [0.4, 0.5) is 28.4 Å². The minimum absolute atomic E-state index is 0.992. The molecule has 0 N–H and O–H groups in total. The Labute approximate surface area is 238 Å². The third-order valence-corrected chi connectivity index (χ3v) is 7.42. The average molecular weight is 519 g/mol. The van der Waals surface area contributed by atoms with Gasteiger partial charge in [-0.15, -0.1) is 0 Å². The lowest BCUT2D eigenvalue weighted by molar-refractivity contribution is 0.921. The highest BCUT2D eigenvalue weighted by Gasteiger charge is 2.19. The van der Waals surface area contributed by atoms with Crippen LogP contribution in [0.3, 0.4) is 0 Å². The molecule has 0 aromatic heterocycles. The largest absolute Gasteiger partial charge is 0.314 e. The van der Waals surface area contributed by atoms with E-state index in [0.717, 1.165) is 29.9 Å². The molecule has 0 radical (unpaired) electrons. The highest BCUT2D eigenvalue weighted by molar-refractivity contribution is 5.83. The Balaban J connectivity index is 1.40. The van der Waals surface area contributed by atoms with E-state index in [2.05, 4.69) is 169 Å². The molecule has 5 aromatic rings. The van der Waals surface area contributed by atoms with Crippen LogP contribution in [-0.2, 0) is 0 Å². The van der Waals surface area contributed by atoms with Gasteiger partial charge in [0.1, 0.15) is 0 Å². The van der Waals surface area contributed by atoms with E-state index in [9.17, 15) is 0 Å². The fraction of sp³-hybridized carbons (Fsp3) is 0.105. The molecule has 0 bridgehead atoms. The smallest absolute Gasteiger partial charge is 0.0467 e. The quantitative estimate of drug-likeness (QED) is 0.211. The van der Waals surface area contributed by atoms with Gasteiger partial charge in [-0.3, -0.25) is 0 Å². The zero-order chi connectivity index (χ0) is 27.3. The summed E-state index contributed by atoms with van der Waals surface area (Å²) < 4.78 is 0. The van der Waals surface area contributed by atoms with Gasteiger partial charge in [-0.2, -0.15) is 0 Å². The van der Waals surface area contributed by atoms with Crippen molar-refractivity contribution in [2.24, 2.45) is 0 Å². The predicted molar refractivity (Wildman–Crippen MR) is 171 cm³/mol. The molecule has 2 nitrogen and oxygen atoms in total. The Morgan fingerprint density at radius 1 is 0.475 bits per heavy atom. The van der Waals surface area contributed by atoms with Crippen molar-refractivity contribution < 1.29 is 0 Å². The van der Waals surface area contributed by atoms with Crippen LogP contribution in [-0.4, -0.2) is 0 Å². The zero-order valence-corrected chi connectivity index (χ0v) is 23.2. The molecule has 0 spiro atoms. The third-order valence-electron chi connectivity index (χ3n) is 7.42. The van der Waals surface area contributed by atoms with E-state index >= 15 is 0 Å². The van der Waals surface area contributed by atoms with Crippen LogP contribution in [0.2, 0.25) is 0 Å². The summed E-state index contributed by atoms with van der Waals surface area (Å²) in [7, 11) is 0. The van der Waals surface area contributed by atoms with Crippen LogP contribution in [0.25, 0.3) is 5.57 Å². The lowest BCUT2D eigenvalue weighted by Gasteiger charge is -2.30. The second kappa shape index (κ2) is 11.5. The van der Waals surface area contributed by atoms with Gasteiger partial charge in [0.2, 0.25) is 0 Å². The standard InChI is InChI=1S/C38H34N2/c1-29-19-23-35(24-20-29)39(33-13-5-3-6-14-33)37-17-9-11-31(27-37)32-12-10-18-38(28-32)40(34-15-7-4-8-16-34)36-25-21-30(2)22-26-36/h3-9,11-17,19-28H,10,18H2,1-2H3. The number of aryl methyl sites for hydroxylation is 2. The topological polar surface area (TPSA) is 6.48 Å². The molecule has 0 saturated carbocycles. The van der Waals surface area contributed by atoms with Crippen LogP contribution >= 0.6 is 0 Å². The van der Waals surface area contributed by atoms with E-state index in [0.29, 0.717) is 0 Å². The average Bonchev–Trinajstić information content (AvgIpc) is 3.01. The van der Waals surface area contributed by atoms with E-state index in [4.69, 9.17) is 0 Å². The van der Waals surface area contributed by atoms with Crippen LogP contribution < -0.4 is 9.80 Å². The lowest BCUT2D eigenvalue weighted by Crippen LogP contribution is -2.18. The Morgan fingerprint density at radius 2 is 0.975 bits per heavy atom. The molecular formula is C38H34N2. The fourth-order valence-electron chi connectivity index (χ4n) is 5.36. The van der Waals surface area contributed by atoms with Crippen LogP contribution in [0, 0.1) is 13.8 Å². The van der Waals surface area contributed by atoms with Gasteiger partial charge in [-0.1, -0.05) is 90.0 Å². The second-order valence-corrected chi connectivity index (χ2v) is 10.4. The van der Waals surface area contributed by atoms with Gasteiger partial charge in [0.25, 0.3) is 0 Å². The van der Waals surface area contributed by atoms with Gasteiger partial charge < -0.3 is 9.80 Å². The molecule has 0 heterocycles. The molecule has 0 fully saturated rings. The lowest BCUT2D eigenvalue weighted by atomic mass is 9.95. The summed E-state index contributed by atoms with van der Waals surface area (Å²) in [6.45, 7) is 4.27. The van der Waals surface area contributed by atoms with Gasteiger partial charge in [0.05, 0.1) is 0 Å². The number of anilines is 5. The maximum Gasteiger partial charge on any atom is 0.0467 e. The Morgan fingerprint density at radius 3 is 1.57 bits per heavy atom. The van der Waals surface area contributed by atoms with Crippen molar-refractivity contribution in [3.8, 4) is 0 Å². The number of benzene rings is 5. The first-order valence-electron chi connectivity index (χ1n) is 14.0. The monoisotopic (exact) mass is 518 g/mol. The minimum Gasteiger partial charge on any atom is -0.314 e. The molecule has 0 saturated heterocycles. The zero-order valence-electron chi connectivity index (χ0n) is 23.2. The Kier molecular flexibility index (Phi) is 7.32. The van der Waals surface area contributed by atoms with E-state index < -0.39 is 0 Å². The van der Waals surface area contributed by atoms with Crippen molar-refractivity contribution in [1.29, 1.82) is 0 Å². The van der Waals surface area contributed by atoms with Gasteiger partial charge in [0.15, 0.2) is 0 Å².